The molecule has 1 aromatic carbocycles. The molecule has 2 N–H and O–H groups in total. The number of fused-ring (bicyclic) bond motifs is 1. The van der Waals surface area contributed by atoms with Crippen LogP contribution in [0.5, 0.6) is 0 Å². The van der Waals surface area contributed by atoms with Gasteiger partial charge in [0, 0.05) is 17.7 Å². The molecule has 0 saturated heterocycles. The number of imidazole rings is 1. The van der Waals surface area contributed by atoms with E-state index in [1.54, 1.807) is 6.20 Å². The fourth-order valence-corrected chi connectivity index (χ4v) is 2.15. The number of nitrogens with zero attached hydrogens (tertiary/aromatic N) is 1. The molecule has 0 unspecified atom stereocenters. The van der Waals surface area contributed by atoms with Gasteiger partial charge in [-0.2, -0.15) is 0 Å². The minimum absolute atomic E-state index is 0.0786. The van der Waals surface area contributed by atoms with Crippen LogP contribution in [0.4, 0.5) is 5.69 Å². The van der Waals surface area contributed by atoms with Crippen LogP contribution in [0.15, 0.2) is 24.4 Å². The van der Waals surface area contributed by atoms with E-state index in [1.807, 2.05) is 12.1 Å². The largest absolute Gasteiger partial charge is 0.329 e. The molecule has 1 aromatic heterocycles. The smallest absolute Gasteiger partial charge is 0.224 e. The van der Waals surface area contributed by atoms with Crippen LogP contribution in [0.25, 0.3) is 11.3 Å². The first kappa shape index (κ1) is 10.4. The molecule has 0 bridgehead atoms. The predicted octanol–water partition coefficient (Wildman–Crippen LogP) is 2.61. The van der Waals surface area contributed by atoms with E-state index in [0.717, 1.165) is 28.9 Å². The van der Waals surface area contributed by atoms with Crippen molar-refractivity contribution in [3.8, 4) is 11.3 Å². The summed E-state index contributed by atoms with van der Waals surface area (Å²) in [5, 5.41) is 3.23. The summed E-state index contributed by atoms with van der Waals surface area (Å²) < 4.78 is 0. The Hall–Kier alpha value is -1.81. The summed E-state index contributed by atoms with van der Waals surface area (Å²) in [5.74, 6) is 0.0786. The van der Waals surface area contributed by atoms with Gasteiger partial charge in [0.25, 0.3) is 0 Å². The summed E-state index contributed by atoms with van der Waals surface area (Å²) in [4.78, 5) is 18.2. The molecule has 5 heteroatoms. The standard InChI is InChI=1S/C12H10ClN3O/c13-12-14-6-10(16-12)8-1-3-9-7(5-8)2-4-11(17)15-9/h1,3,5-6H,2,4H2,(H,14,16)(H,15,17). The van der Waals surface area contributed by atoms with Gasteiger partial charge >= 0.3 is 0 Å². The number of aromatic nitrogens is 2. The van der Waals surface area contributed by atoms with Crippen LogP contribution in [0.1, 0.15) is 12.0 Å². The Balaban J connectivity index is 2.01. The minimum Gasteiger partial charge on any atom is -0.329 e. The van der Waals surface area contributed by atoms with Crippen molar-refractivity contribution < 1.29 is 4.79 Å². The highest BCUT2D eigenvalue weighted by Crippen LogP contribution is 2.28. The number of carbonyl (C=O) groups excluding carboxylic acids is 1. The molecule has 17 heavy (non-hydrogen) atoms. The van der Waals surface area contributed by atoms with Crippen LogP contribution in [0.2, 0.25) is 5.28 Å². The highest BCUT2D eigenvalue weighted by molar-refractivity contribution is 6.28. The Morgan fingerprint density at radius 3 is 2.94 bits per heavy atom. The van der Waals surface area contributed by atoms with E-state index in [-0.39, 0.29) is 5.91 Å². The number of anilines is 1. The summed E-state index contributed by atoms with van der Waals surface area (Å²) in [6.45, 7) is 0. The van der Waals surface area contributed by atoms with Gasteiger partial charge in [0.15, 0.2) is 5.28 Å². The van der Waals surface area contributed by atoms with Gasteiger partial charge in [-0.05, 0) is 35.7 Å². The maximum atomic E-state index is 11.2. The summed E-state index contributed by atoms with van der Waals surface area (Å²) in [6.07, 6.45) is 3.02. The lowest BCUT2D eigenvalue weighted by Gasteiger charge is -2.17. The molecule has 2 heterocycles. The van der Waals surface area contributed by atoms with E-state index >= 15 is 0 Å². The van der Waals surface area contributed by atoms with E-state index in [0.29, 0.717) is 11.7 Å². The third kappa shape index (κ3) is 1.91. The first-order chi connectivity index (χ1) is 8.22. The lowest BCUT2D eigenvalue weighted by Crippen LogP contribution is -2.18. The van der Waals surface area contributed by atoms with Gasteiger partial charge in [-0.25, -0.2) is 4.98 Å². The first-order valence-corrected chi connectivity index (χ1v) is 5.74. The number of carbonyl (C=O) groups is 1. The molecule has 1 aliphatic rings. The second-order valence-electron chi connectivity index (χ2n) is 4.01. The van der Waals surface area contributed by atoms with Gasteiger partial charge < -0.3 is 10.3 Å². The van der Waals surface area contributed by atoms with Crippen molar-refractivity contribution in [3.05, 3.63) is 35.2 Å². The number of aromatic amines is 1. The van der Waals surface area contributed by atoms with Crippen molar-refractivity contribution in [2.24, 2.45) is 0 Å². The Morgan fingerprint density at radius 1 is 1.29 bits per heavy atom. The van der Waals surface area contributed by atoms with Crippen LogP contribution in [0, 0.1) is 0 Å². The molecule has 86 valence electrons. The van der Waals surface area contributed by atoms with Crippen molar-refractivity contribution in [2.75, 3.05) is 5.32 Å². The second-order valence-corrected chi connectivity index (χ2v) is 4.37. The molecule has 3 rings (SSSR count). The fraction of sp³-hybridized carbons (Fsp3) is 0.167. The molecule has 0 saturated carbocycles. The van der Waals surface area contributed by atoms with Crippen LogP contribution in [-0.2, 0) is 11.2 Å². The zero-order valence-corrected chi connectivity index (χ0v) is 9.71. The predicted molar refractivity (Wildman–Crippen MR) is 66.0 cm³/mol. The Morgan fingerprint density at radius 2 is 2.18 bits per heavy atom. The van der Waals surface area contributed by atoms with Crippen molar-refractivity contribution in [1.82, 2.24) is 9.97 Å². The third-order valence-corrected chi connectivity index (χ3v) is 3.05. The molecule has 0 fully saturated rings. The Bertz CT molecular complexity index is 591. The van der Waals surface area contributed by atoms with Gasteiger partial charge in [0.05, 0.1) is 11.9 Å². The van der Waals surface area contributed by atoms with Gasteiger partial charge in [0.1, 0.15) is 0 Å². The van der Waals surface area contributed by atoms with E-state index in [1.165, 1.54) is 0 Å². The molecule has 0 aliphatic carbocycles. The molecule has 1 amide bonds. The highest BCUT2D eigenvalue weighted by Gasteiger charge is 2.15. The Kier molecular flexibility index (Phi) is 2.37. The molecular weight excluding hydrogens is 238 g/mol. The molecule has 0 spiro atoms. The summed E-state index contributed by atoms with van der Waals surface area (Å²) in [5.41, 5.74) is 3.96. The summed E-state index contributed by atoms with van der Waals surface area (Å²) in [6, 6.07) is 5.91. The highest BCUT2D eigenvalue weighted by atomic mass is 35.5. The number of H-pyrrole nitrogens is 1. The molecule has 2 aromatic rings. The van der Waals surface area contributed by atoms with E-state index in [9.17, 15) is 4.79 Å². The van der Waals surface area contributed by atoms with E-state index < -0.39 is 0 Å². The molecule has 0 radical (unpaired) electrons. The number of aryl methyl sites for hydroxylation is 1. The van der Waals surface area contributed by atoms with Crippen LogP contribution in [0.3, 0.4) is 0 Å². The average molecular weight is 248 g/mol. The molecule has 1 aliphatic heterocycles. The van der Waals surface area contributed by atoms with Crippen molar-refractivity contribution in [2.45, 2.75) is 12.8 Å². The number of hydrogen-bond donors (Lipinski definition) is 2. The van der Waals surface area contributed by atoms with E-state index in [4.69, 9.17) is 11.6 Å². The van der Waals surface area contributed by atoms with Gasteiger partial charge in [-0.1, -0.05) is 6.07 Å². The average Bonchev–Trinajstić information content (AvgIpc) is 2.75. The Labute approximate surface area is 103 Å². The van der Waals surface area contributed by atoms with Crippen LogP contribution >= 0.6 is 11.6 Å². The SMILES string of the molecule is O=C1CCc2cc(-c3cnc(Cl)[nH]3)ccc2N1. The lowest BCUT2D eigenvalue weighted by atomic mass is 9.99. The topological polar surface area (TPSA) is 57.8 Å². The minimum atomic E-state index is 0.0786. The zero-order valence-electron chi connectivity index (χ0n) is 8.96. The zero-order chi connectivity index (χ0) is 11.8. The molecular formula is C12H10ClN3O. The molecule has 4 nitrogen and oxygen atoms in total. The lowest BCUT2D eigenvalue weighted by molar-refractivity contribution is -0.116. The summed E-state index contributed by atoms with van der Waals surface area (Å²) in [7, 11) is 0. The fourth-order valence-electron chi connectivity index (χ4n) is 1.99. The van der Waals surface area contributed by atoms with Crippen LogP contribution in [-0.4, -0.2) is 15.9 Å². The second kappa shape index (κ2) is 3.89. The quantitative estimate of drug-likeness (QED) is 0.814. The maximum Gasteiger partial charge on any atom is 0.224 e. The van der Waals surface area contributed by atoms with Gasteiger partial charge in [-0.3, -0.25) is 4.79 Å². The number of nitrogens with one attached hydrogen (secondary N) is 2. The normalized spacial score (nSPS) is 14.3. The van der Waals surface area contributed by atoms with Crippen molar-refractivity contribution in [3.63, 3.8) is 0 Å². The van der Waals surface area contributed by atoms with Gasteiger partial charge in [-0.15, -0.1) is 0 Å². The maximum absolute atomic E-state index is 11.2. The number of rotatable bonds is 1. The van der Waals surface area contributed by atoms with E-state index in [2.05, 4.69) is 21.4 Å². The number of halogens is 1. The first-order valence-electron chi connectivity index (χ1n) is 5.36. The van der Waals surface area contributed by atoms with Gasteiger partial charge in [0.2, 0.25) is 5.91 Å². The van der Waals surface area contributed by atoms with Crippen molar-refractivity contribution >= 4 is 23.2 Å². The monoisotopic (exact) mass is 247 g/mol. The molecule has 0 atom stereocenters. The summed E-state index contributed by atoms with van der Waals surface area (Å²) >= 11 is 5.75. The van der Waals surface area contributed by atoms with Crippen molar-refractivity contribution in [1.29, 1.82) is 0 Å². The number of benzene rings is 1. The van der Waals surface area contributed by atoms with Crippen LogP contribution < -0.4 is 5.32 Å². The third-order valence-electron chi connectivity index (χ3n) is 2.86. The number of amides is 1. The number of hydrogen-bond acceptors (Lipinski definition) is 2.